The van der Waals surface area contributed by atoms with Gasteiger partial charge >= 0.3 is 0 Å². The maximum absolute atomic E-state index is 12.6. The number of hydrogen-bond acceptors (Lipinski definition) is 6. The molecule has 6 rings (SSSR count). The van der Waals surface area contributed by atoms with Crippen molar-refractivity contribution in [3.63, 3.8) is 0 Å². The molecule has 7 nitrogen and oxygen atoms in total. The van der Waals surface area contributed by atoms with Crippen molar-refractivity contribution < 1.29 is 9.84 Å². The Morgan fingerprint density at radius 1 is 1.03 bits per heavy atom. The van der Waals surface area contributed by atoms with E-state index in [0.29, 0.717) is 23.7 Å². The Labute approximate surface area is 226 Å². The molecule has 202 valence electrons. The van der Waals surface area contributed by atoms with Crippen LogP contribution in [0.4, 0.5) is 0 Å². The van der Waals surface area contributed by atoms with Crippen molar-refractivity contribution in [2.24, 2.45) is 5.41 Å². The molecule has 0 spiro atoms. The summed E-state index contributed by atoms with van der Waals surface area (Å²) in [6.45, 7) is 9.75. The van der Waals surface area contributed by atoms with E-state index in [1.54, 1.807) is 0 Å². The van der Waals surface area contributed by atoms with Crippen LogP contribution in [0.5, 0.6) is 0 Å². The van der Waals surface area contributed by atoms with Gasteiger partial charge in [-0.05, 0) is 62.3 Å². The second kappa shape index (κ2) is 9.85. The van der Waals surface area contributed by atoms with Gasteiger partial charge in [-0.3, -0.25) is 4.98 Å². The summed E-state index contributed by atoms with van der Waals surface area (Å²) < 4.78 is 7.82. The molecule has 7 heteroatoms. The lowest BCUT2D eigenvalue weighted by Crippen LogP contribution is -2.63. The molecule has 1 atom stereocenters. The van der Waals surface area contributed by atoms with Crippen LogP contribution in [0.15, 0.2) is 42.7 Å². The third-order valence-electron chi connectivity index (χ3n) is 9.19. The zero-order valence-corrected chi connectivity index (χ0v) is 23.2. The van der Waals surface area contributed by atoms with Gasteiger partial charge in [-0.2, -0.15) is 5.10 Å². The van der Waals surface area contributed by atoms with Gasteiger partial charge in [0, 0.05) is 61.2 Å². The first kappa shape index (κ1) is 25.7. The van der Waals surface area contributed by atoms with Gasteiger partial charge in [0.25, 0.3) is 0 Å². The average Bonchev–Trinajstić information content (AvgIpc) is 3.31. The molecule has 3 aliphatic rings. The molecule has 1 aromatic carbocycles. The lowest BCUT2D eigenvalue weighted by atomic mass is 9.62. The SMILES string of the molecule is CC(C)c1ccc(C(O)(c2cncc(-c3nc(C4CCOCC4)n(C4CCC4)n3)c2)C2(C)CN(C)C2)cc1. The van der Waals surface area contributed by atoms with E-state index < -0.39 is 5.60 Å². The number of rotatable bonds is 7. The summed E-state index contributed by atoms with van der Waals surface area (Å²) in [5.74, 6) is 2.61. The molecule has 4 heterocycles. The van der Waals surface area contributed by atoms with Gasteiger partial charge in [-0.25, -0.2) is 9.67 Å². The van der Waals surface area contributed by atoms with Crippen LogP contribution in [0, 0.1) is 5.41 Å². The molecular formula is C31H41N5O2. The molecule has 2 aromatic heterocycles. The van der Waals surface area contributed by atoms with Crippen LogP contribution in [-0.4, -0.2) is 63.1 Å². The number of hydrogen-bond donors (Lipinski definition) is 1. The van der Waals surface area contributed by atoms with Gasteiger partial charge in [0.1, 0.15) is 11.4 Å². The quantitative estimate of drug-likeness (QED) is 0.462. The fourth-order valence-electron chi connectivity index (χ4n) is 6.70. The number of nitrogens with zero attached hydrogens (tertiary/aromatic N) is 5. The van der Waals surface area contributed by atoms with Crippen molar-refractivity contribution >= 4 is 0 Å². The zero-order chi connectivity index (χ0) is 26.5. The van der Waals surface area contributed by atoms with Crippen molar-refractivity contribution in [3.8, 4) is 11.4 Å². The van der Waals surface area contributed by atoms with Gasteiger partial charge in [-0.15, -0.1) is 0 Å². The summed E-state index contributed by atoms with van der Waals surface area (Å²) in [6.07, 6.45) is 9.22. The number of pyridine rings is 1. The molecule has 38 heavy (non-hydrogen) atoms. The number of aromatic nitrogens is 4. The number of aliphatic hydroxyl groups is 1. The first-order valence-corrected chi connectivity index (χ1v) is 14.3. The van der Waals surface area contributed by atoms with E-state index >= 15 is 0 Å². The lowest BCUT2D eigenvalue weighted by molar-refractivity contribution is -0.127. The second-order valence-corrected chi connectivity index (χ2v) is 12.4. The van der Waals surface area contributed by atoms with Gasteiger partial charge in [0.2, 0.25) is 0 Å². The highest BCUT2D eigenvalue weighted by atomic mass is 16.5. The summed E-state index contributed by atoms with van der Waals surface area (Å²) in [5, 5.41) is 17.7. The van der Waals surface area contributed by atoms with Crippen LogP contribution in [0.3, 0.4) is 0 Å². The van der Waals surface area contributed by atoms with Gasteiger partial charge in [0.15, 0.2) is 5.82 Å². The molecule has 3 fully saturated rings. The normalized spacial score (nSPS) is 22.2. The van der Waals surface area contributed by atoms with Crippen molar-refractivity contribution in [2.45, 2.75) is 76.4 Å². The zero-order valence-electron chi connectivity index (χ0n) is 23.2. The minimum atomic E-state index is -1.18. The summed E-state index contributed by atoms with van der Waals surface area (Å²) in [4.78, 5) is 12.0. The average molecular weight is 516 g/mol. The Morgan fingerprint density at radius 3 is 2.34 bits per heavy atom. The third-order valence-corrected chi connectivity index (χ3v) is 9.19. The Bertz CT molecular complexity index is 1270. The van der Waals surface area contributed by atoms with E-state index in [2.05, 4.69) is 72.7 Å². The smallest absolute Gasteiger partial charge is 0.182 e. The maximum atomic E-state index is 12.6. The van der Waals surface area contributed by atoms with Crippen LogP contribution >= 0.6 is 0 Å². The van der Waals surface area contributed by atoms with E-state index in [1.807, 2.05) is 12.4 Å². The largest absolute Gasteiger partial charge is 0.381 e. The fourth-order valence-corrected chi connectivity index (χ4v) is 6.70. The topological polar surface area (TPSA) is 76.3 Å². The Hall–Kier alpha value is -2.61. The molecular weight excluding hydrogens is 474 g/mol. The monoisotopic (exact) mass is 515 g/mol. The first-order valence-electron chi connectivity index (χ1n) is 14.3. The molecule has 0 radical (unpaired) electrons. The Kier molecular flexibility index (Phi) is 6.65. The fraction of sp³-hybridized carbons (Fsp3) is 0.581. The summed E-state index contributed by atoms with van der Waals surface area (Å²) >= 11 is 0. The van der Waals surface area contributed by atoms with Crippen molar-refractivity contribution in [1.82, 2.24) is 24.6 Å². The van der Waals surface area contributed by atoms with E-state index in [-0.39, 0.29) is 5.41 Å². The van der Waals surface area contributed by atoms with Gasteiger partial charge < -0.3 is 14.7 Å². The highest BCUT2D eigenvalue weighted by Gasteiger charge is 2.55. The molecule has 0 bridgehead atoms. The standard InChI is InChI=1S/C31H41N5O2/c1-21(2)22-8-10-25(11-9-22)31(37,30(3)19-35(4)20-30)26-16-24(17-32-18-26)28-33-29(23-12-14-38-15-13-23)36(34-28)27-6-5-7-27/h8-11,16-18,21,23,27,37H,5-7,12-15,19-20H2,1-4H3. The molecule has 1 saturated carbocycles. The maximum Gasteiger partial charge on any atom is 0.182 e. The Morgan fingerprint density at radius 2 is 1.74 bits per heavy atom. The van der Waals surface area contributed by atoms with E-state index in [4.69, 9.17) is 14.8 Å². The predicted molar refractivity (Wildman–Crippen MR) is 148 cm³/mol. The first-order chi connectivity index (χ1) is 18.3. The molecule has 0 amide bonds. The number of ether oxygens (including phenoxy) is 1. The van der Waals surface area contributed by atoms with Crippen LogP contribution < -0.4 is 0 Å². The van der Waals surface area contributed by atoms with Crippen LogP contribution in [-0.2, 0) is 10.3 Å². The minimum Gasteiger partial charge on any atom is -0.381 e. The minimum absolute atomic E-state index is 0.340. The van der Waals surface area contributed by atoms with Crippen molar-refractivity contribution in [1.29, 1.82) is 0 Å². The van der Waals surface area contributed by atoms with Crippen molar-refractivity contribution in [3.05, 3.63) is 65.2 Å². The van der Waals surface area contributed by atoms with Gasteiger partial charge in [-0.1, -0.05) is 45.0 Å². The summed E-state index contributed by atoms with van der Waals surface area (Å²) in [5.41, 5.74) is 2.32. The van der Waals surface area contributed by atoms with Crippen LogP contribution in [0.1, 0.15) is 93.3 Å². The van der Waals surface area contributed by atoms with E-state index in [0.717, 1.165) is 74.5 Å². The van der Waals surface area contributed by atoms with Crippen LogP contribution in [0.25, 0.3) is 11.4 Å². The van der Waals surface area contributed by atoms with Crippen LogP contribution in [0.2, 0.25) is 0 Å². The molecule has 1 aliphatic carbocycles. The number of likely N-dealkylation sites (tertiary alicyclic amines) is 1. The Balaban J connectivity index is 1.41. The lowest BCUT2D eigenvalue weighted by Gasteiger charge is -2.55. The third kappa shape index (κ3) is 4.29. The molecule has 3 aromatic rings. The van der Waals surface area contributed by atoms with Gasteiger partial charge in [0.05, 0.1) is 6.04 Å². The summed E-state index contributed by atoms with van der Waals surface area (Å²) in [7, 11) is 2.10. The predicted octanol–water partition coefficient (Wildman–Crippen LogP) is 5.27. The second-order valence-electron chi connectivity index (χ2n) is 12.4. The molecule has 1 N–H and O–H groups in total. The summed E-state index contributed by atoms with van der Waals surface area (Å²) in [6, 6.07) is 11.0. The number of benzene rings is 1. The molecule has 2 saturated heterocycles. The van der Waals surface area contributed by atoms with E-state index in [9.17, 15) is 5.11 Å². The molecule has 1 unspecified atom stereocenters. The highest BCUT2D eigenvalue weighted by molar-refractivity contribution is 5.56. The molecule has 2 aliphatic heterocycles. The van der Waals surface area contributed by atoms with Crippen molar-refractivity contribution in [2.75, 3.05) is 33.4 Å². The highest BCUT2D eigenvalue weighted by Crippen LogP contribution is 2.50. The van der Waals surface area contributed by atoms with E-state index in [1.165, 1.54) is 12.0 Å².